The highest BCUT2D eigenvalue weighted by Crippen LogP contribution is 2.36. The van der Waals surface area contributed by atoms with E-state index in [-0.39, 0.29) is 18.4 Å². The number of hydrogen-bond donors (Lipinski definition) is 2. The van der Waals surface area contributed by atoms with E-state index < -0.39 is 11.7 Å². The van der Waals surface area contributed by atoms with E-state index in [1.165, 1.54) is 18.0 Å². The molecule has 0 bridgehead atoms. The quantitative estimate of drug-likeness (QED) is 0.279. The van der Waals surface area contributed by atoms with Crippen molar-refractivity contribution in [2.24, 2.45) is 0 Å². The minimum absolute atomic E-state index is 0.222. The number of aliphatic hydroxyl groups excluding tert-OH is 1. The Kier molecular flexibility index (Phi) is 6.97. The molecule has 0 radical (unpaired) electrons. The predicted molar refractivity (Wildman–Crippen MR) is 158 cm³/mol. The van der Waals surface area contributed by atoms with Gasteiger partial charge >= 0.3 is 0 Å². The number of β-amino-alcohol motifs (C(OH)–C–C–N with tert-alkyl or cyclic N) is 1. The number of nitrogens with zero attached hydrogens (tertiary/aromatic N) is 7. The molecule has 42 heavy (non-hydrogen) atoms. The smallest absolute Gasteiger partial charge is 0.145 e. The largest absolute Gasteiger partial charge is 0.389 e. The minimum Gasteiger partial charge on any atom is -0.389 e. The van der Waals surface area contributed by atoms with Crippen molar-refractivity contribution < 1.29 is 14.6 Å². The zero-order valence-corrected chi connectivity index (χ0v) is 23.3. The third kappa shape index (κ3) is 5.29. The van der Waals surface area contributed by atoms with Gasteiger partial charge in [0.05, 0.1) is 23.7 Å². The first-order valence-electron chi connectivity index (χ1n) is 14.5. The van der Waals surface area contributed by atoms with E-state index in [0.717, 1.165) is 30.6 Å². The second-order valence-corrected chi connectivity index (χ2v) is 11.6. The second kappa shape index (κ2) is 10.9. The number of aliphatic hydroxyl groups is 2. The summed E-state index contributed by atoms with van der Waals surface area (Å²) >= 11 is 0. The third-order valence-corrected chi connectivity index (χ3v) is 8.55. The Hall–Kier alpha value is -4.12. The standard InChI is InChI=1S/C32H34FN7O2/c33-28-17-26(40-14-4-13-36-40)8-7-24(28)19-39(25-9-10-25)31-27-11-15-38(30(27)34-22-35-31)21-32(42)12-16-37(20-29(32)41)18-23-5-2-1-3-6-23/h1-8,11,13-15,17,22,25,29,41-42H,9-10,12,16,18-21H2/t29-,32-/m1/s1. The van der Waals surface area contributed by atoms with Gasteiger partial charge in [0.25, 0.3) is 0 Å². The van der Waals surface area contributed by atoms with Crippen molar-refractivity contribution in [1.82, 2.24) is 29.2 Å². The Balaban J connectivity index is 1.10. The van der Waals surface area contributed by atoms with E-state index in [1.54, 1.807) is 23.1 Å². The van der Waals surface area contributed by atoms with Crippen molar-refractivity contribution in [3.8, 4) is 5.69 Å². The fraction of sp³-hybridized carbons (Fsp3) is 0.344. The molecular weight excluding hydrogens is 533 g/mol. The van der Waals surface area contributed by atoms with Crippen molar-refractivity contribution >= 4 is 16.9 Å². The van der Waals surface area contributed by atoms with E-state index in [2.05, 4.69) is 37.0 Å². The summed E-state index contributed by atoms with van der Waals surface area (Å²) in [7, 11) is 0. The Labute approximate surface area is 243 Å². The van der Waals surface area contributed by atoms with Crippen molar-refractivity contribution in [2.75, 3.05) is 18.0 Å². The lowest BCUT2D eigenvalue weighted by molar-refractivity contribution is -0.128. The molecule has 1 saturated carbocycles. The summed E-state index contributed by atoms with van der Waals surface area (Å²) in [6.07, 6.45) is 8.47. The van der Waals surface area contributed by atoms with E-state index in [0.29, 0.717) is 43.0 Å². The molecule has 1 aliphatic carbocycles. The fourth-order valence-corrected chi connectivity index (χ4v) is 6.01. The van der Waals surface area contributed by atoms with Crippen LogP contribution in [0.2, 0.25) is 0 Å². The van der Waals surface area contributed by atoms with Crippen molar-refractivity contribution in [3.05, 3.63) is 103 Å². The van der Waals surface area contributed by atoms with Gasteiger partial charge in [-0.2, -0.15) is 5.10 Å². The third-order valence-electron chi connectivity index (χ3n) is 8.55. The minimum atomic E-state index is -1.28. The van der Waals surface area contributed by atoms with Crippen LogP contribution in [0.4, 0.5) is 10.2 Å². The average Bonchev–Trinajstić information content (AvgIpc) is 3.52. The van der Waals surface area contributed by atoms with Gasteiger partial charge in [0.1, 0.15) is 29.2 Å². The fourth-order valence-electron chi connectivity index (χ4n) is 6.01. The normalized spacial score (nSPS) is 21.2. The summed E-state index contributed by atoms with van der Waals surface area (Å²) in [5, 5.41) is 27.6. The number of rotatable bonds is 9. The molecule has 2 fully saturated rings. The maximum absolute atomic E-state index is 15.2. The van der Waals surface area contributed by atoms with Crippen LogP contribution < -0.4 is 4.90 Å². The Morgan fingerprint density at radius 3 is 2.62 bits per heavy atom. The second-order valence-electron chi connectivity index (χ2n) is 11.6. The molecule has 1 aliphatic heterocycles. The molecule has 2 atom stereocenters. The van der Waals surface area contributed by atoms with Crippen LogP contribution in [-0.2, 0) is 19.6 Å². The van der Waals surface area contributed by atoms with Crippen LogP contribution in [0.25, 0.3) is 16.7 Å². The topological polar surface area (TPSA) is 95.5 Å². The summed E-state index contributed by atoms with van der Waals surface area (Å²) in [6.45, 7) is 2.42. The highest BCUT2D eigenvalue weighted by Gasteiger charge is 2.41. The van der Waals surface area contributed by atoms with Gasteiger partial charge in [-0.1, -0.05) is 36.4 Å². The highest BCUT2D eigenvalue weighted by atomic mass is 19.1. The molecular formula is C32H34FN7O2. The van der Waals surface area contributed by atoms with Crippen LogP contribution in [-0.4, -0.2) is 70.3 Å². The molecule has 0 amide bonds. The lowest BCUT2D eigenvalue weighted by Crippen LogP contribution is -2.57. The van der Waals surface area contributed by atoms with Gasteiger partial charge in [-0.25, -0.2) is 19.0 Å². The zero-order chi connectivity index (χ0) is 28.7. The van der Waals surface area contributed by atoms with E-state index in [4.69, 9.17) is 0 Å². The van der Waals surface area contributed by atoms with Crippen LogP contribution in [0.15, 0.2) is 85.6 Å². The lowest BCUT2D eigenvalue weighted by Gasteiger charge is -2.42. The molecule has 3 aromatic heterocycles. The number of aromatic nitrogens is 5. The molecule has 4 heterocycles. The lowest BCUT2D eigenvalue weighted by atomic mass is 9.88. The molecule has 7 rings (SSSR count). The first-order chi connectivity index (χ1) is 20.5. The molecule has 0 spiro atoms. The SMILES string of the molecule is O[C@@H]1CN(Cc2ccccc2)CC[C@@]1(O)Cn1ccc2c(N(Cc3ccc(-n4cccn4)cc3F)C3CC3)ncnc21. The zero-order valence-electron chi connectivity index (χ0n) is 23.3. The molecule has 5 aromatic rings. The predicted octanol–water partition coefficient (Wildman–Crippen LogP) is 3.92. The van der Waals surface area contributed by atoms with Crippen LogP contribution in [0.5, 0.6) is 0 Å². The van der Waals surface area contributed by atoms with E-state index in [9.17, 15) is 10.2 Å². The van der Waals surface area contributed by atoms with Gasteiger partial charge in [0.2, 0.25) is 0 Å². The molecule has 1 saturated heterocycles. The van der Waals surface area contributed by atoms with Gasteiger partial charge in [-0.3, -0.25) is 4.90 Å². The maximum atomic E-state index is 15.2. The molecule has 216 valence electrons. The van der Waals surface area contributed by atoms with Crippen LogP contribution in [0.1, 0.15) is 30.4 Å². The molecule has 0 unspecified atom stereocenters. The Morgan fingerprint density at radius 2 is 1.88 bits per heavy atom. The average molecular weight is 568 g/mol. The molecule has 9 nitrogen and oxygen atoms in total. The van der Waals surface area contributed by atoms with E-state index >= 15 is 4.39 Å². The van der Waals surface area contributed by atoms with Gasteiger partial charge in [0.15, 0.2) is 0 Å². The number of piperidine rings is 1. The van der Waals surface area contributed by atoms with Gasteiger partial charge in [-0.05, 0) is 49.1 Å². The summed E-state index contributed by atoms with van der Waals surface area (Å²) in [5.41, 5.74) is 1.85. The molecule has 2 aromatic carbocycles. The van der Waals surface area contributed by atoms with Crippen LogP contribution in [0, 0.1) is 5.82 Å². The summed E-state index contributed by atoms with van der Waals surface area (Å²) < 4.78 is 18.8. The Morgan fingerprint density at radius 1 is 1.02 bits per heavy atom. The van der Waals surface area contributed by atoms with Crippen molar-refractivity contribution in [1.29, 1.82) is 0 Å². The van der Waals surface area contributed by atoms with Crippen LogP contribution >= 0.6 is 0 Å². The number of fused-ring (bicyclic) bond motifs is 1. The van der Waals surface area contributed by atoms with Gasteiger partial charge in [-0.15, -0.1) is 0 Å². The summed E-state index contributed by atoms with van der Waals surface area (Å²) in [5.74, 6) is 0.466. The number of halogens is 1. The molecule has 2 aliphatic rings. The summed E-state index contributed by atoms with van der Waals surface area (Å²) in [6, 6.07) is 19.4. The first-order valence-corrected chi connectivity index (χ1v) is 14.5. The van der Waals surface area contributed by atoms with Crippen molar-refractivity contribution in [3.63, 3.8) is 0 Å². The molecule has 2 N–H and O–H groups in total. The highest BCUT2D eigenvalue weighted by molar-refractivity contribution is 5.88. The monoisotopic (exact) mass is 567 g/mol. The number of likely N-dealkylation sites (tertiary alicyclic amines) is 1. The number of benzene rings is 2. The van der Waals surface area contributed by atoms with E-state index in [1.807, 2.05) is 47.2 Å². The Bertz CT molecular complexity index is 1670. The maximum Gasteiger partial charge on any atom is 0.145 e. The first kappa shape index (κ1) is 26.8. The van der Waals surface area contributed by atoms with Crippen LogP contribution in [0.3, 0.4) is 0 Å². The van der Waals surface area contributed by atoms with Gasteiger partial charge < -0.3 is 19.7 Å². The number of anilines is 1. The number of hydrogen-bond acceptors (Lipinski definition) is 7. The van der Waals surface area contributed by atoms with Crippen molar-refractivity contribution in [2.45, 2.75) is 56.6 Å². The van der Waals surface area contributed by atoms with Gasteiger partial charge in [0, 0.05) is 56.4 Å². The summed E-state index contributed by atoms with van der Waals surface area (Å²) in [4.78, 5) is 13.5. The molecule has 10 heteroatoms.